The Morgan fingerprint density at radius 2 is 1.96 bits per heavy atom. The summed E-state index contributed by atoms with van der Waals surface area (Å²) in [5, 5.41) is 4.00. The second-order valence-electron chi connectivity index (χ2n) is 5.82. The molecule has 2 aromatic carbocycles. The summed E-state index contributed by atoms with van der Waals surface area (Å²) in [4.78, 5) is 18.1. The number of carbonyl (C=O) groups excluding carboxylic acids is 1. The first-order valence-electron chi connectivity index (χ1n) is 7.76. The number of rotatable bonds is 5. The van der Waals surface area contributed by atoms with Crippen molar-refractivity contribution in [2.45, 2.75) is 13.0 Å². The minimum atomic E-state index is 0.00258. The first kappa shape index (κ1) is 17.1. The van der Waals surface area contributed by atoms with E-state index in [-0.39, 0.29) is 11.9 Å². The summed E-state index contributed by atoms with van der Waals surface area (Å²) >= 11 is 5.09. The average molecular weight is 405 g/mol. The van der Waals surface area contributed by atoms with E-state index in [0.717, 1.165) is 25.6 Å². The van der Waals surface area contributed by atoms with Gasteiger partial charge in [0.1, 0.15) is 6.04 Å². The molecule has 0 bridgehead atoms. The molecule has 0 aliphatic heterocycles. The summed E-state index contributed by atoms with van der Waals surface area (Å²) in [5.74, 6) is 0.00258. The van der Waals surface area contributed by atoms with Crippen LogP contribution in [0.15, 0.2) is 53.0 Å². The standard InChI is InChI=1S/C18H18BrN3OS/c1-12(18-21-15-5-3-4-6-16(15)24-18)22(2)11-17(23)20-14-9-7-13(19)8-10-14/h3-10,12H,11H2,1-2H3,(H,20,23)/p+1/t12-/m1/s1. The molecule has 4 nitrogen and oxygen atoms in total. The predicted octanol–water partition coefficient (Wildman–Crippen LogP) is 3.27. The summed E-state index contributed by atoms with van der Waals surface area (Å²) in [6.45, 7) is 2.51. The van der Waals surface area contributed by atoms with Crippen LogP contribution in [0.3, 0.4) is 0 Å². The van der Waals surface area contributed by atoms with Gasteiger partial charge < -0.3 is 10.2 Å². The molecule has 1 aromatic heterocycles. The average Bonchev–Trinajstić information content (AvgIpc) is 3.00. The monoisotopic (exact) mass is 404 g/mol. The van der Waals surface area contributed by atoms with Crippen LogP contribution < -0.4 is 10.2 Å². The third kappa shape index (κ3) is 4.01. The van der Waals surface area contributed by atoms with Crippen molar-refractivity contribution in [3.63, 3.8) is 0 Å². The largest absolute Gasteiger partial charge is 0.322 e. The Hall–Kier alpha value is -1.76. The van der Waals surface area contributed by atoms with Gasteiger partial charge in [0, 0.05) is 10.2 Å². The second-order valence-corrected chi connectivity index (χ2v) is 7.80. The summed E-state index contributed by atoms with van der Waals surface area (Å²) in [5.41, 5.74) is 1.83. The topological polar surface area (TPSA) is 46.4 Å². The highest BCUT2D eigenvalue weighted by atomic mass is 79.9. The molecular formula is C18H19BrN3OS+. The summed E-state index contributed by atoms with van der Waals surface area (Å²) < 4.78 is 2.18. The van der Waals surface area contributed by atoms with Gasteiger partial charge in [0.15, 0.2) is 11.6 Å². The summed E-state index contributed by atoms with van der Waals surface area (Å²) in [7, 11) is 2.03. The Kier molecular flexibility index (Phi) is 5.28. The molecule has 0 spiro atoms. The Morgan fingerprint density at radius 3 is 2.67 bits per heavy atom. The minimum Gasteiger partial charge on any atom is -0.322 e. The molecule has 0 saturated heterocycles. The maximum atomic E-state index is 12.3. The molecule has 24 heavy (non-hydrogen) atoms. The van der Waals surface area contributed by atoms with Crippen LogP contribution in [0.25, 0.3) is 10.2 Å². The number of amides is 1. The van der Waals surface area contributed by atoms with Gasteiger partial charge in [0.25, 0.3) is 5.91 Å². The van der Waals surface area contributed by atoms with E-state index in [9.17, 15) is 4.79 Å². The van der Waals surface area contributed by atoms with Crippen LogP contribution in [-0.4, -0.2) is 24.5 Å². The molecule has 3 rings (SSSR count). The lowest BCUT2D eigenvalue weighted by Crippen LogP contribution is -3.10. The number of nitrogens with zero attached hydrogens (tertiary/aromatic N) is 1. The molecule has 1 unspecified atom stereocenters. The lowest BCUT2D eigenvalue weighted by atomic mass is 10.3. The molecule has 6 heteroatoms. The predicted molar refractivity (Wildman–Crippen MR) is 103 cm³/mol. The van der Waals surface area contributed by atoms with Crippen LogP contribution in [0.1, 0.15) is 18.0 Å². The van der Waals surface area contributed by atoms with Gasteiger partial charge in [-0.25, -0.2) is 4.98 Å². The maximum absolute atomic E-state index is 12.3. The van der Waals surface area contributed by atoms with Crippen LogP contribution in [0.5, 0.6) is 0 Å². The van der Waals surface area contributed by atoms with Gasteiger partial charge in [-0.2, -0.15) is 0 Å². The van der Waals surface area contributed by atoms with Crippen LogP contribution >= 0.6 is 27.3 Å². The number of fused-ring (bicyclic) bond motifs is 1. The first-order valence-corrected chi connectivity index (χ1v) is 9.37. The molecule has 2 N–H and O–H groups in total. The fraction of sp³-hybridized carbons (Fsp3) is 0.222. The van der Waals surface area contributed by atoms with E-state index in [1.54, 1.807) is 11.3 Å². The Balaban J connectivity index is 1.63. The molecule has 0 saturated carbocycles. The van der Waals surface area contributed by atoms with E-state index in [1.165, 1.54) is 4.70 Å². The summed E-state index contributed by atoms with van der Waals surface area (Å²) in [6.07, 6.45) is 0. The van der Waals surface area contributed by atoms with Crippen molar-refractivity contribution in [1.82, 2.24) is 4.98 Å². The van der Waals surface area contributed by atoms with Crippen molar-refractivity contribution in [2.24, 2.45) is 0 Å². The molecule has 3 aromatic rings. The van der Waals surface area contributed by atoms with E-state index < -0.39 is 0 Å². The van der Waals surface area contributed by atoms with E-state index in [2.05, 4.69) is 34.2 Å². The van der Waals surface area contributed by atoms with Gasteiger partial charge in [-0.05, 0) is 43.3 Å². The lowest BCUT2D eigenvalue weighted by Gasteiger charge is -2.19. The van der Waals surface area contributed by atoms with Gasteiger partial charge in [0.2, 0.25) is 0 Å². The van der Waals surface area contributed by atoms with Crippen molar-refractivity contribution in [2.75, 3.05) is 18.9 Å². The molecule has 2 atom stereocenters. The van der Waals surface area contributed by atoms with Gasteiger partial charge >= 0.3 is 0 Å². The van der Waals surface area contributed by atoms with Gasteiger partial charge in [0.05, 0.1) is 17.3 Å². The molecule has 0 fully saturated rings. The van der Waals surface area contributed by atoms with E-state index >= 15 is 0 Å². The number of halogens is 1. The number of quaternary nitrogens is 1. The molecule has 0 aliphatic carbocycles. The fourth-order valence-electron chi connectivity index (χ4n) is 2.43. The number of nitrogens with one attached hydrogen (secondary N) is 2. The third-order valence-corrected chi connectivity index (χ3v) is 5.74. The highest BCUT2D eigenvalue weighted by Crippen LogP contribution is 2.24. The number of benzene rings is 2. The molecule has 1 amide bonds. The van der Waals surface area contributed by atoms with Gasteiger partial charge in [-0.15, -0.1) is 11.3 Å². The Bertz CT molecular complexity index is 814. The van der Waals surface area contributed by atoms with Crippen molar-refractivity contribution in [3.05, 3.63) is 58.0 Å². The van der Waals surface area contributed by atoms with Crippen molar-refractivity contribution < 1.29 is 9.69 Å². The zero-order chi connectivity index (χ0) is 17.1. The number of hydrogen-bond donors (Lipinski definition) is 2. The van der Waals surface area contributed by atoms with Crippen LogP contribution in [0, 0.1) is 0 Å². The smallest absolute Gasteiger partial charge is 0.279 e. The molecule has 124 valence electrons. The lowest BCUT2D eigenvalue weighted by molar-refractivity contribution is -0.902. The second kappa shape index (κ2) is 7.42. The minimum absolute atomic E-state index is 0.00258. The van der Waals surface area contributed by atoms with Crippen LogP contribution in [0.4, 0.5) is 5.69 Å². The highest BCUT2D eigenvalue weighted by Gasteiger charge is 2.22. The summed E-state index contributed by atoms with van der Waals surface area (Å²) in [6, 6.07) is 15.9. The van der Waals surface area contributed by atoms with Gasteiger partial charge in [-0.3, -0.25) is 4.79 Å². The third-order valence-electron chi connectivity index (χ3n) is 3.99. The van der Waals surface area contributed by atoms with E-state index in [1.807, 2.05) is 49.5 Å². The zero-order valence-electron chi connectivity index (χ0n) is 13.5. The number of anilines is 1. The van der Waals surface area contributed by atoms with E-state index in [4.69, 9.17) is 4.98 Å². The van der Waals surface area contributed by atoms with Crippen molar-refractivity contribution in [3.8, 4) is 0 Å². The SMILES string of the molecule is C[C@H](c1nc2ccccc2s1)[NH+](C)CC(=O)Nc1ccc(Br)cc1. The number of likely N-dealkylation sites (N-methyl/N-ethyl adjacent to an activating group) is 1. The van der Waals surface area contributed by atoms with Crippen molar-refractivity contribution in [1.29, 1.82) is 0 Å². The molecule has 1 heterocycles. The number of hydrogen-bond acceptors (Lipinski definition) is 3. The highest BCUT2D eigenvalue weighted by molar-refractivity contribution is 9.10. The van der Waals surface area contributed by atoms with Crippen LogP contribution in [-0.2, 0) is 4.79 Å². The number of thiazole rings is 1. The van der Waals surface area contributed by atoms with Crippen molar-refractivity contribution >= 4 is 49.1 Å². The quantitative estimate of drug-likeness (QED) is 0.685. The zero-order valence-corrected chi connectivity index (χ0v) is 15.9. The number of aromatic nitrogens is 1. The molecular weight excluding hydrogens is 386 g/mol. The number of carbonyl (C=O) groups is 1. The van der Waals surface area contributed by atoms with Gasteiger partial charge in [-0.1, -0.05) is 28.1 Å². The normalized spacial score (nSPS) is 13.6. The molecule has 0 aliphatic rings. The number of para-hydroxylation sites is 1. The maximum Gasteiger partial charge on any atom is 0.279 e. The fourth-order valence-corrected chi connectivity index (χ4v) is 3.81. The van der Waals surface area contributed by atoms with Crippen LogP contribution in [0.2, 0.25) is 0 Å². The first-order chi connectivity index (χ1) is 11.5. The molecule has 0 radical (unpaired) electrons. The Morgan fingerprint density at radius 1 is 1.25 bits per heavy atom. The Labute approximate surface area is 153 Å². The van der Waals surface area contributed by atoms with E-state index in [0.29, 0.717) is 6.54 Å².